The third-order valence-electron chi connectivity index (χ3n) is 3.47. The highest BCUT2D eigenvalue weighted by atomic mass is 32.2. The molecule has 0 aliphatic rings. The van der Waals surface area contributed by atoms with Gasteiger partial charge in [0.2, 0.25) is 5.13 Å². The standard InChI is InChI=1S/C16H17N5OS2/c1-9-5-4-6-13(10(9)2)19-15-20-21-16(24-15)23-8-14(22)12(7-17)11(3)18/h4-6,12,18H,8H2,1-3H3,(H,19,20)/t12-/m1/s1. The van der Waals surface area contributed by atoms with Crippen LogP contribution in [0.4, 0.5) is 10.8 Å². The molecule has 1 aromatic carbocycles. The van der Waals surface area contributed by atoms with Crippen molar-refractivity contribution in [3.8, 4) is 6.07 Å². The molecule has 0 fully saturated rings. The number of aryl methyl sites for hydroxylation is 1. The van der Waals surface area contributed by atoms with Gasteiger partial charge in [0.05, 0.1) is 11.8 Å². The number of aromatic nitrogens is 2. The Hall–Kier alpha value is -2.24. The molecule has 0 amide bonds. The van der Waals surface area contributed by atoms with Gasteiger partial charge in [-0.05, 0) is 38.0 Å². The van der Waals surface area contributed by atoms with E-state index in [1.54, 1.807) is 0 Å². The number of hydrogen-bond acceptors (Lipinski definition) is 8. The molecule has 1 aromatic heterocycles. The number of carbonyl (C=O) groups excluding carboxylic acids is 1. The average Bonchev–Trinajstić information content (AvgIpc) is 2.98. The van der Waals surface area contributed by atoms with Crippen molar-refractivity contribution < 1.29 is 4.79 Å². The van der Waals surface area contributed by atoms with E-state index in [0.717, 1.165) is 11.3 Å². The van der Waals surface area contributed by atoms with Crippen LogP contribution in [0.2, 0.25) is 0 Å². The highest BCUT2D eigenvalue weighted by Gasteiger charge is 2.20. The molecule has 2 N–H and O–H groups in total. The lowest BCUT2D eigenvalue weighted by atomic mass is 10.0. The molecule has 0 radical (unpaired) electrons. The van der Waals surface area contributed by atoms with Crippen molar-refractivity contribution in [3.63, 3.8) is 0 Å². The zero-order chi connectivity index (χ0) is 17.7. The maximum Gasteiger partial charge on any atom is 0.210 e. The molecule has 2 aromatic rings. The largest absolute Gasteiger partial charge is 0.330 e. The van der Waals surface area contributed by atoms with Gasteiger partial charge in [-0.15, -0.1) is 10.2 Å². The van der Waals surface area contributed by atoms with Gasteiger partial charge in [0.15, 0.2) is 10.1 Å². The summed E-state index contributed by atoms with van der Waals surface area (Å²) in [6, 6.07) is 7.85. The van der Waals surface area contributed by atoms with E-state index < -0.39 is 5.92 Å². The van der Waals surface area contributed by atoms with E-state index in [9.17, 15) is 4.79 Å². The van der Waals surface area contributed by atoms with E-state index >= 15 is 0 Å². The van der Waals surface area contributed by atoms with Gasteiger partial charge < -0.3 is 10.7 Å². The van der Waals surface area contributed by atoms with Gasteiger partial charge in [0.25, 0.3) is 0 Å². The number of hydrogen-bond donors (Lipinski definition) is 2. The summed E-state index contributed by atoms with van der Waals surface area (Å²) >= 11 is 2.59. The fourth-order valence-electron chi connectivity index (χ4n) is 1.95. The second-order valence-electron chi connectivity index (χ2n) is 5.25. The summed E-state index contributed by atoms with van der Waals surface area (Å²) in [4.78, 5) is 11.9. The van der Waals surface area contributed by atoms with Crippen LogP contribution in [-0.2, 0) is 4.79 Å². The Morgan fingerprint density at radius 3 is 2.88 bits per heavy atom. The lowest BCUT2D eigenvalue weighted by molar-refractivity contribution is -0.117. The molecule has 2 rings (SSSR count). The first-order valence-electron chi connectivity index (χ1n) is 7.19. The van der Waals surface area contributed by atoms with Crippen molar-refractivity contribution in [3.05, 3.63) is 29.3 Å². The Morgan fingerprint density at radius 2 is 2.21 bits per heavy atom. The van der Waals surface area contributed by atoms with Gasteiger partial charge in [0.1, 0.15) is 5.92 Å². The lowest BCUT2D eigenvalue weighted by Crippen LogP contribution is -2.21. The second-order valence-corrected chi connectivity index (χ2v) is 7.45. The van der Waals surface area contributed by atoms with Crippen LogP contribution in [0.15, 0.2) is 22.5 Å². The molecule has 0 saturated carbocycles. The Bertz CT molecular complexity index is 809. The maximum atomic E-state index is 11.9. The number of nitrogens with one attached hydrogen (secondary N) is 2. The molecule has 8 heteroatoms. The third kappa shape index (κ3) is 4.40. The monoisotopic (exact) mass is 359 g/mol. The summed E-state index contributed by atoms with van der Waals surface area (Å²) in [5.74, 6) is -1.15. The SMILES string of the molecule is CC(=N)[C@@H](C#N)C(=O)CSc1nnc(Nc2cccc(C)c2C)s1. The maximum absolute atomic E-state index is 11.9. The zero-order valence-electron chi connectivity index (χ0n) is 13.6. The molecule has 1 heterocycles. The molecular formula is C16H17N5OS2. The number of Topliss-reactive ketones (excluding diaryl/α,β-unsaturated/α-hetero) is 1. The van der Waals surface area contributed by atoms with Crippen molar-refractivity contribution in [2.24, 2.45) is 5.92 Å². The Kier molecular flexibility index (Phi) is 6.06. The quantitative estimate of drug-likeness (QED) is 0.577. The van der Waals surface area contributed by atoms with Crippen LogP contribution in [0.3, 0.4) is 0 Å². The van der Waals surface area contributed by atoms with E-state index in [-0.39, 0.29) is 17.2 Å². The molecule has 0 aliphatic carbocycles. The molecular weight excluding hydrogens is 342 g/mol. The molecule has 6 nitrogen and oxygen atoms in total. The normalized spacial score (nSPS) is 11.6. The number of nitriles is 1. The molecule has 1 atom stereocenters. The van der Waals surface area contributed by atoms with Crippen LogP contribution >= 0.6 is 23.1 Å². The topological polar surface area (TPSA) is 103 Å². The van der Waals surface area contributed by atoms with Crippen molar-refractivity contribution >= 4 is 45.4 Å². The summed E-state index contributed by atoms with van der Waals surface area (Å²) in [5.41, 5.74) is 3.38. The van der Waals surface area contributed by atoms with Gasteiger partial charge in [-0.3, -0.25) is 4.79 Å². The van der Waals surface area contributed by atoms with E-state index in [1.807, 2.05) is 38.1 Å². The second kappa shape index (κ2) is 8.04. The predicted octanol–water partition coefficient (Wildman–Crippen LogP) is 3.74. The Labute approximate surface area is 148 Å². The van der Waals surface area contributed by atoms with Gasteiger partial charge in [-0.2, -0.15) is 5.26 Å². The van der Waals surface area contributed by atoms with Crippen molar-refractivity contribution in [2.75, 3.05) is 11.1 Å². The van der Waals surface area contributed by atoms with Crippen LogP contribution in [-0.4, -0.2) is 27.4 Å². The van der Waals surface area contributed by atoms with Gasteiger partial charge in [-0.1, -0.05) is 35.2 Å². The summed E-state index contributed by atoms with van der Waals surface area (Å²) in [7, 11) is 0. The third-order valence-corrected chi connectivity index (χ3v) is 5.47. The highest BCUT2D eigenvalue weighted by molar-refractivity contribution is 8.01. The molecule has 0 bridgehead atoms. The number of nitrogens with zero attached hydrogens (tertiary/aromatic N) is 3. The molecule has 124 valence electrons. The summed E-state index contributed by atoms with van der Waals surface area (Å²) in [6.07, 6.45) is 0. The van der Waals surface area contributed by atoms with Crippen LogP contribution in [0, 0.1) is 36.5 Å². The van der Waals surface area contributed by atoms with E-state index in [2.05, 4.69) is 15.5 Å². The fraction of sp³-hybridized carbons (Fsp3) is 0.312. The summed E-state index contributed by atoms with van der Waals surface area (Å²) < 4.78 is 0.649. The Morgan fingerprint density at radius 1 is 1.46 bits per heavy atom. The van der Waals surface area contributed by atoms with Crippen LogP contribution < -0.4 is 5.32 Å². The van der Waals surface area contributed by atoms with Crippen LogP contribution in [0.25, 0.3) is 0 Å². The molecule has 24 heavy (non-hydrogen) atoms. The fourth-order valence-corrected chi connectivity index (χ4v) is 3.62. The minimum atomic E-state index is -0.974. The summed E-state index contributed by atoms with van der Waals surface area (Å²) in [5, 5.41) is 28.4. The number of benzene rings is 1. The molecule has 0 spiro atoms. The summed E-state index contributed by atoms with van der Waals surface area (Å²) in [6.45, 7) is 5.55. The lowest BCUT2D eigenvalue weighted by Gasteiger charge is -2.08. The molecule has 0 saturated heterocycles. The number of rotatable bonds is 7. The van der Waals surface area contributed by atoms with Crippen molar-refractivity contribution in [2.45, 2.75) is 25.1 Å². The smallest absolute Gasteiger partial charge is 0.210 e. The highest BCUT2D eigenvalue weighted by Crippen LogP contribution is 2.29. The minimum Gasteiger partial charge on any atom is -0.330 e. The number of ketones is 1. The number of carbonyl (C=O) groups is 1. The van der Waals surface area contributed by atoms with Crippen molar-refractivity contribution in [1.82, 2.24) is 10.2 Å². The van der Waals surface area contributed by atoms with Crippen LogP contribution in [0.1, 0.15) is 18.1 Å². The Balaban J connectivity index is 1.99. The average molecular weight is 359 g/mol. The predicted molar refractivity (Wildman–Crippen MR) is 97.3 cm³/mol. The van der Waals surface area contributed by atoms with E-state index in [1.165, 1.54) is 35.6 Å². The number of thioether (sulfide) groups is 1. The van der Waals surface area contributed by atoms with E-state index in [4.69, 9.17) is 10.7 Å². The van der Waals surface area contributed by atoms with E-state index in [0.29, 0.717) is 9.47 Å². The first-order valence-corrected chi connectivity index (χ1v) is 8.99. The zero-order valence-corrected chi connectivity index (χ0v) is 15.2. The molecule has 0 aliphatic heterocycles. The van der Waals surface area contributed by atoms with Gasteiger partial charge in [-0.25, -0.2) is 0 Å². The number of anilines is 2. The first kappa shape index (κ1) is 18.1. The first-order chi connectivity index (χ1) is 11.4. The van der Waals surface area contributed by atoms with Gasteiger partial charge >= 0.3 is 0 Å². The molecule has 0 unspecified atom stereocenters. The van der Waals surface area contributed by atoms with Crippen molar-refractivity contribution in [1.29, 1.82) is 10.7 Å². The van der Waals surface area contributed by atoms with Gasteiger partial charge in [0, 0.05) is 11.4 Å². The minimum absolute atomic E-state index is 0.0673. The van der Waals surface area contributed by atoms with Crippen LogP contribution in [0.5, 0.6) is 0 Å².